The number of piperidine rings is 1. The molecule has 1 aliphatic heterocycles. The van der Waals surface area contributed by atoms with Crippen molar-refractivity contribution in [3.63, 3.8) is 0 Å². The number of aliphatic hydroxyl groups excluding tert-OH is 1. The summed E-state index contributed by atoms with van der Waals surface area (Å²) in [6.07, 6.45) is -4.72. The number of hydrogen-bond donors (Lipinski definition) is 2. The predicted molar refractivity (Wildman–Crippen MR) is 77.4 cm³/mol. The van der Waals surface area contributed by atoms with Crippen LogP contribution in [0, 0.1) is 0 Å². The molecule has 1 aromatic heterocycles. The van der Waals surface area contributed by atoms with E-state index in [9.17, 15) is 23.1 Å². The van der Waals surface area contributed by atoms with Gasteiger partial charge in [0.25, 0.3) is 0 Å². The Hall–Kier alpha value is -1.67. The van der Waals surface area contributed by atoms with Crippen molar-refractivity contribution >= 4 is 5.91 Å². The second-order valence-corrected chi connectivity index (χ2v) is 5.70. The van der Waals surface area contributed by atoms with E-state index in [1.807, 2.05) is 23.1 Å². The highest BCUT2D eigenvalue weighted by Crippen LogP contribution is 2.21. The van der Waals surface area contributed by atoms with Crippen LogP contribution in [-0.2, 0) is 11.3 Å². The van der Waals surface area contributed by atoms with E-state index >= 15 is 0 Å². The zero-order valence-electron chi connectivity index (χ0n) is 12.6. The quantitative estimate of drug-likeness (QED) is 0.858. The number of halogens is 3. The van der Waals surface area contributed by atoms with Gasteiger partial charge in [-0.15, -0.1) is 0 Å². The van der Waals surface area contributed by atoms with E-state index in [4.69, 9.17) is 0 Å². The summed E-state index contributed by atoms with van der Waals surface area (Å²) in [5.74, 6) is -0.676. The van der Waals surface area contributed by atoms with Gasteiger partial charge in [0, 0.05) is 32.3 Å². The number of carbonyl (C=O) groups excluding carboxylic acids is 1. The van der Waals surface area contributed by atoms with Crippen molar-refractivity contribution < 1.29 is 23.1 Å². The molecule has 2 unspecified atom stereocenters. The van der Waals surface area contributed by atoms with Crippen molar-refractivity contribution in [3.05, 3.63) is 30.1 Å². The van der Waals surface area contributed by atoms with Crippen LogP contribution in [0.4, 0.5) is 13.2 Å². The maximum Gasteiger partial charge on any atom is 0.389 e. The topological polar surface area (TPSA) is 65.5 Å². The monoisotopic (exact) mass is 331 g/mol. The normalized spacial score (nSPS) is 22.8. The molecule has 2 heterocycles. The zero-order valence-corrected chi connectivity index (χ0v) is 12.6. The minimum absolute atomic E-state index is 0.348. The van der Waals surface area contributed by atoms with Gasteiger partial charge in [-0.25, -0.2) is 0 Å². The van der Waals surface area contributed by atoms with Crippen molar-refractivity contribution in [1.29, 1.82) is 0 Å². The van der Waals surface area contributed by atoms with Crippen molar-refractivity contribution in [2.24, 2.45) is 0 Å². The van der Waals surface area contributed by atoms with Crippen molar-refractivity contribution in [2.75, 3.05) is 13.1 Å². The molecule has 0 spiro atoms. The third-order valence-electron chi connectivity index (χ3n) is 3.76. The second kappa shape index (κ2) is 7.74. The first-order chi connectivity index (χ1) is 10.8. The number of likely N-dealkylation sites (tertiary alicyclic amines) is 1. The number of β-amino-alcohol motifs (C(OH)–C–C–N with tert-alkyl or cyclic N) is 1. The molecule has 1 fully saturated rings. The van der Waals surface area contributed by atoms with Crippen molar-refractivity contribution in [3.8, 4) is 0 Å². The number of carbonyl (C=O) groups is 1. The largest absolute Gasteiger partial charge is 0.390 e. The molecule has 1 saturated heterocycles. The highest BCUT2D eigenvalue weighted by atomic mass is 19.4. The van der Waals surface area contributed by atoms with Gasteiger partial charge in [0.15, 0.2) is 0 Å². The van der Waals surface area contributed by atoms with Gasteiger partial charge in [0.05, 0.1) is 24.3 Å². The molecular weight excluding hydrogens is 311 g/mol. The van der Waals surface area contributed by atoms with E-state index in [0.717, 1.165) is 5.69 Å². The fourth-order valence-corrected chi connectivity index (χ4v) is 2.56. The highest BCUT2D eigenvalue weighted by Gasteiger charge is 2.31. The van der Waals surface area contributed by atoms with Crippen LogP contribution in [0.5, 0.6) is 0 Å². The lowest BCUT2D eigenvalue weighted by Crippen LogP contribution is -2.53. The lowest BCUT2D eigenvalue weighted by atomic mass is 10.0. The van der Waals surface area contributed by atoms with E-state index < -0.39 is 37.1 Å². The summed E-state index contributed by atoms with van der Waals surface area (Å²) in [6.45, 7) is 1.57. The van der Waals surface area contributed by atoms with Crippen molar-refractivity contribution in [1.82, 2.24) is 15.2 Å². The van der Waals surface area contributed by atoms with Gasteiger partial charge in [-0.1, -0.05) is 6.07 Å². The Morgan fingerprint density at radius 2 is 2.22 bits per heavy atom. The molecule has 0 bridgehead atoms. The summed E-state index contributed by atoms with van der Waals surface area (Å²) in [6, 6.07) is 5.08. The van der Waals surface area contributed by atoms with Crippen LogP contribution in [-0.4, -0.2) is 52.3 Å². The maximum atomic E-state index is 12.1. The molecule has 23 heavy (non-hydrogen) atoms. The lowest BCUT2D eigenvalue weighted by molar-refractivity contribution is -0.145. The molecule has 8 heteroatoms. The van der Waals surface area contributed by atoms with Crippen LogP contribution in [0.2, 0.25) is 0 Å². The van der Waals surface area contributed by atoms with Crippen LogP contribution in [0.1, 0.15) is 25.0 Å². The molecule has 0 aliphatic carbocycles. The maximum absolute atomic E-state index is 12.1. The van der Waals surface area contributed by atoms with Gasteiger partial charge in [-0.2, -0.15) is 13.2 Å². The third kappa shape index (κ3) is 6.15. The van der Waals surface area contributed by atoms with Crippen LogP contribution in [0.15, 0.2) is 24.4 Å². The molecule has 1 aliphatic rings. The van der Waals surface area contributed by atoms with E-state index in [2.05, 4.69) is 10.3 Å². The lowest BCUT2D eigenvalue weighted by Gasteiger charge is -2.36. The molecule has 0 aromatic carbocycles. The van der Waals surface area contributed by atoms with E-state index in [1.54, 1.807) is 6.20 Å². The molecule has 128 valence electrons. The molecule has 2 rings (SSSR count). The minimum atomic E-state index is -4.35. The number of pyridine rings is 1. The van der Waals surface area contributed by atoms with Crippen molar-refractivity contribution in [2.45, 2.75) is 44.1 Å². The van der Waals surface area contributed by atoms with Gasteiger partial charge in [0.2, 0.25) is 5.91 Å². The summed E-state index contributed by atoms with van der Waals surface area (Å²) < 4.78 is 36.3. The van der Waals surface area contributed by atoms with Crippen LogP contribution in [0.3, 0.4) is 0 Å². The second-order valence-electron chi connectivity index (χ2n) is 5.70. The number of amides is 1. The standard InChI is InChI=1S/C15H20F3N3O2/c16-15(17,18)6-4-14(23)20-12-5-8-21(10-13(12)22)9-11-3-1-2-7-19-11/h1-3,7,12-13,22H,4-6,8-10H2,(H,20,23). The Bertz CT molecular complexity index is 510. The minimum Gasteiger partial charge on any atom is -0.390 e. The molecule has 2 atom stereocenters. The molecular formula is C15H20F3N3O2. The third-order valence-corrected chi connectivity index (χ3v) is 3.76. The number of nitrogens with zero attached hydrogens (tertiary/aromatic N) is 2. The Morgan fingerprint density at radius 1 is 1.43 bits per heavy atom. The fourth-order valence-electron chi connectivity index (χ4n) is 2.56. The summed E-state index contributed by atoms with van der Waals surface area (Å²) in [7, 11) is 0. The van der Waals surface area contributed by atoms with Gasteiger partial charge >= 0.3 is 6.18 Å². The molecule has 1 aromatic rings. The summed E-state index contributed by atoms with van der Waals surface area (Å²) in [5.41, 5.74) is 0.882. The predicted octanol–water partition coefficient (Wildman–Crippen LogP) is 1.48. The Balaban J connectivity index is 1.76. The molecule has 0 radical (unpaired) electrons. The Labute approximate surface area is 132 Å². The number of aliphatic hydroxyl groups is 1. The first kappa shape index (κ1) is 17.7. The van der Waals surface area contributed by atoms with Gasteiger partial charge in [0.1, 0.15) is 0 Å². The summed E-state index contributed by atoms with van der Waals surface area (Å²) in [4.78, 5) is 17.7. The Morgan fingerprint density at radius 3 is 2.83 bits per heavy atom. The fraction of sp³-hybridized carbons (Fsp3) is 0.600. The van der Waals surface area contributed by atoms with E-state index in [-0.39, 0.29) is 0 Å². The average molecular weight is 331 g/mol. The van der Waals surface area contributed by atoms with Gasteiger partial charge < -0.3 is 10.4 Å². The van der Waals surface area contributed by atoms with Crippen LogP contribution in [0.25, 0.3) is 0 Å². The average Bonchev–Trinajstić information content (AvgIpc) is 2.48. The number of nitrogens with one attached hydrogen (secondary N) is 1. The van der Waals surface area contributed by atoms with E-state index in [0.29, 0.717) is 26.1 Å². The van der Waals surface area contributed by atoms with Crippen LogP contribution >= 0.6 is 0 Å². The number of aromatic nitrogens is 1. The SMILES string of the molecule is O=C(CCC(F)(F)F)NC1CCN(Cc2ccccn2)CC1O. The number of rotatable bonds is 5. The number of hydrogen-bond acceptors (Lipinski definition) is 4. The first-order valence-corrected chi connectivity index (χ1v) is 7.50. The molecule has 5 nitrogen and oxygen atoms in total. The summed E-state index contributed by atoms with van der Waals surface area (Å²) >= 11 is 0. The van der Waals surface area contributed by atoms with Gasteiger partial charge in [-0.3, -0.25) is 14.7 Å². The molecule has 1 amide bonds. The molecule has 2 N–H and O–H groups in total. The van der Waals surface area contributed by atoms with Crippen LogP contribution < -0.4 is 5.32 Å². The van der Waals surface area contributed by atoms with E-state index in [1.165, 1.54) is 0 Å². The zero-order chi connectivity index (χ0) is 16.9. The van der Waals surface area contributed by atoms with Gasteiger partial charge in [-0.05, 0) is 18.6 Å². The summed E-state index contributed by atoms with van der Waals surface area (Å²) in [5, 5.41) is 12.6. The number of alkyl halides is 3. The smallest absolute Gasteiger partial charge is 0.389 e. The molecule has 0 saturated carbocycles. The first-order valence-electron chi connectivity index (χ1n) is 7.50. The highest BCUT2D eigenvalue weighted by molar-refractivity contribution is 5.76. The Kier molecular flexibility index (Phi) is 5.95.